The van der Waals surface area contributed by atoms with E-state index < -0.39 is 60.1 Å². The fraction of sp³-hybridized carbons (Fsp3) is 0.395. The number of thioether (sulfide) groups is 1. The second-order valence-corrected chi connectivity index (χ2v) is 14.1. The highest BCUT2D eigenvalue weighted by atomic mass is 32.2. The third-order valence-electron chi connectivity index (χ3n) is 8.05. The number of fused-ring (bicyclic) bond motifs is 3. The van der Waals surface area contributed by atoms with Crippen LogP contribution in [0.5, 0.6) is 0 Å². The largest absolute Gasteiger partial charge is 0.458 e. The van der Waals surface area contributed by atoms with Gasteiger partial charge in [-0.05, 0) is 73.9 Å². The molecule has 0 heterocycles. The van der Waals surface area contributed by atoms with E-state index in [1.807, 2.05) is 85.1 Å². The van der Waals surface area contributed by atoms with E-state index in [0.717, 1.165) is 27.8 Å². The van der Waals surface area contributed by atoms with Crippen molar-refractivity contribution in [2.45, 2.75) is 70.2 Å². The molecule has 4 amide bonds. The number of esters is 1. The third-order valence-corrected chi connectivity index (χ3v) is 8.69. The van der Waals surface area contributed by atoms with Gasteiger partial charge in [-0.3, -0.25) is 14.4 Å². The molecular formula is C38H46N4O7S. The number of carbonyl (C=O) groups is 5. The summed E-state index contributed by atoms with van der Waals surface area (Å²) in [5, 5.41) is 10.4. The maximum absolute atomic E-state index is 13.2. The number of nitrogens with one attached hydrogen (secondary N) is 4. The molecule has 11 nitrogen and oxygen atoms in total. The van der Waals surface area contributed by atoms with Crippen molar-refractivity contribution in [1.82, 2.24) is 21.3 Å². The maximum Gasteiger partial charge on any atom is 0.407 e. The number of hydrogen-bond acceptors (Lipinski definition) is 8. The Balaban J connectivity index is 1.29. The molecule has 0 spiro atoms. The van der Waals surface area contributed by atoms with Gasteiger partial charge in [0, 0.05) is 12.3 Å². The molecule has 3 aromatic carbocycles. The Morgan fingerprint density at radius 3 is 1.98 bits per heavy atom. The van der Waals surface area contributed by atoms with Crippen LogP contribution in [0.1, 0.15) is 56.7 Å². The molecular weight excluding hydrogens is 657 g/mol. The summed E-state index contributed by atoms with van der Waals surface area (Å²) in [7, 11) is 0. The molecule has 0 saturated carbocycles. The zero-order valence-electron chi connectivity index (χ0n) is 29.1. The number of hydrogen-bond donors (Lipinski definition) is 4. The standard InChI is InChI=1S/C38H46N4O7S/c1-24(34(44)39-22-33(43)41-32(36(46)49-38(2,3)4)21-25-13-7-6-8-14-25)40-35(45)31(19-20-50-5)42-37(47)48-23-30-28-17-11-9-15-26(28)27-16-10-12-18-29(27)30/h6-18,24,30-32H,19-23H2,1-5H3,(H,39,44)(H,40,45)(H,41,43)(H,42,47)/t24-,31-,32+/m0/s1. The molecule has 1 aliphatic carbocycles. The molecule has 0 saturated heterocycles. The average Bonchev–Trinajstić information content (AvgIpc) is 3.40. The van der Waals surface area contributed by atoms with Crippen molar-refractivity contribution in [2.24, 2.45) is 0 Å². The molecule has 0 fully saturated rings. The van der Waals surface area contributed by atoms with Gasteiger partial charge in [0.1, 0.15) is 30.3 Å². The minimum Gasteiger partial charge on any atom is -0.458 e. The van der Waals surface area contributed by atoms with Crippen LogP contribution in [0.25, 0.3) is 11.1 Å². The normalized spacial score (nSPS) is 13.9. The number of ether oxygens (including phenoxy) is 2. The Labute approximate surface area is 297 Å². The molecule has 4 rings (SSSR count). The van der Waals surface area contributed by atoms with Crippen LogP contribution < -0.4 is 21.3 Å². The second kappa shape index (κ2) is 17.7. The molecule has 3 atom stereocenters. The Hall–Kier alpha value is -4.84. The van der Waals surface area contributed by atoms with E-state index in [9.17, 15) is 24.0 Å². The van der Waals surface area contributed by atoms with Crippen molar-refractivity contribution in [3.05, 3.63) is 95.6 Å². The summed E-state index contributed by atoms with van der Waals surface area (Å²) >= 11 is 1.51. The summed E-state index contributed by atoms with van der Waals surface area (Å²) in [4.78, 5) is 64.8. The van der Waals surface area contributed by atoms with E-state index in [2.05, 4.69) is 21.3 Å². The first-order chi connectivity index (χ1) is 23.9. The first kappa shape index (κ1) is 38.0. The molecule has 0 unspecified atom stereocenters. The molecule has 0 aliphatic heterocycles. The average molecular weight is 703 g/mol. The fourth-order valence-corrected chi connectivity index (χ4v) is 6.12. The van der Waals surface area contributed by atoms with Crippen molar-refractivity contribution in [3.63, 3.8) is 0 Å². The SMILES string of the molecule is CSCC[C@H](NC(=O)OCC1c2ccccc2-c2ccccc21)C(=O)N[C@@H](C)C(=O)NCC(=O)N[C@H](Cc1ccccc1)C(=O)OC(C)(C)C. The lowest BCUT2D eigenvalue weighted by molar-refractivity contribution is -0.158. The predicted molar refractivity (Wildman–Crippen MR) is 194 cm³/mol. The van der Waals surface area contributed by atoms with Crippen LogP contribution in [-0.2, 0) is 35.1 Å². The first-order valence-corrected chi connectivity index (χ1v) is 18.0. The lowest BCUT2D eigenvalue weighted by Crippen LogP contribution is -2.54. The summed E-state index contributed by atoms with van der Waals surface area (Å²) in [6.07, 6.45) is 1.66. The van der Waals surface area contributed by atoms with Gasteiger partial charge >= 0.3 is 12.1 Å². The fourth-order valence-electron chi connectivity index (χ4n) is 5.65. The molecule has 3 aromatic rings. The predicted octanol–water partition coefficient (Wildman–Crippen LogP) is 4.34. The molecule has 0 bridgehead atoms. The van der Waals surface area contributed by atoms with E-state index in [1.54, 1.807) is 20.8 Å². The summed E-state index contributed by atoms with van der Waals surface area (Å²) in [5.74, 6) is -1.93. The van der Waals surface area contributed by atoms with Gasteiger partial charge in [0.2, 0.25) is 17.7 Å². The van der Waals surface area contributed by atoms with Gasteiger partial charge in [-0.2, -0.15) is 11.8 Å². The van der Waals surface area contributed by atoms with Gasteiger partial charge in [0.25, 0.3) is 0 Å². The van der Waals surface area contributed by atoms with Crippen LogP contribution in [0.2, 0.25) is 0 Å². The van der Waals surface area contributed by atoms with Crippen molar-refractivity contribution < 1.29 is 33.4 Å². The van der Waals surface area contributed by atoms with Crippen LogP contribution in [0.4, 0.5) is 4.79 Å². The van der Waals surface area contributed by atoms with Crippen LogP contribution in [0, 0.1) is 0 Å². The minimum atomic E-state index is -1.03. The van der Waals surface area contributed by atoms with Crippen molar-refractivity contribution in [1.29, 1.82) is 0 Å². The Bertz CT molecular complexity index is 1610. The number of alkyl carbamates (subject to hydrolysis) is 1. The molecule has 50 heavy (non-hydrogen) atoms. The molecule has 12 heteroatoms. The molecule has 266 valence electrons. The summed E-state index contributed by atoms with van der Waals surface area (Å²) in [6.45, 7) is 6.35. The van der Waals surface area contributed by atoms with E-state index in [4.69, 9.17) is 9.47 Å². The Morgan fingerprint density at radius 2 is 1.38 bits per heavy atom. The maximum atomic E-state index is 13.2. The van der Waals surface area contributed by atoms with Gasteiger partial charge < -0.3 is 30.7 Å². The van der Waals surface area contributed by atoms with Gasteiger partial charge in [-0.15, -0.1) is 0 Å². The number of rotatable bonds is 15. The van der Waals surface area contributed by atoms with Gasteiger partial charge in [-0.25, -0.2) is 9.59 Å². The smallest absolute Gasteiger partial charge is 0.407 e. The quantitative estimate of drug-likeness (QED) is 0.171. The van der Waals surface area contributed by atoms with Crippen molar-refractivity contribution in [2.75, 3.05) is 25.2 Å². The van der Waals surface area contributed by atoms with Gasteiger partial charge in [0.15, 0.2) is 0 Å². The number of benzene rings is 3. The monoisotopic (exact) mass is 702 g/mol. The molecule has 1 aliphatic rings. The zero-order valence-corrected chi connectivity index (χ0v) is 29.9. The van der Waals surface area contributed by atoms with Crippen LogP contribution in [0.15, 0.2) is 78.9 Å². The molecule has 4 N–H and O–H groups in total. The zero-order chi connectivity index (χ0) is 36.3. The van der Waals surface area contributed by atoms with Crippen molar-refractivity contribution >= 4 is 41.5 Å². The van der Waals surface area contributed by atoms with Crippen LogP contribution in [-0.4, -0.2) is 78.7 Å². The Kier molecular flexibility index (Phi) is 13.4. The summed E-state index contributed by atoms with van der Waals surface area (Å²) < 4.78 is 11.1. The van der Waals surface area contributed by atoms with Crippen LogP contribution in [0.3, 0.4) is 0 Å². The Morgan fingerprint density at radius 1 is 0.780 bits per heavy atom. The highest BCUT2D eigenvalue weighted by Crippen LogP contribution is 2.44. The third kappa shape index (κ3) is 10.8. The van der Waals surface area contributed by atoms with E-state index >= 15 is 0 Å². The van der Waals surface area contributed by atoms with Gasteiger partial charge in [0.05, 0.1) is 6.54 Å². The number of carbonyl (C=O) groups excluding carboxylic acids is 5. The summed E-state index contributed by atoms with van der Waals surface area (Å²) in [6, 6.07) is 22.2. The highest BCUT2D eigenvalue weighted by Gasteiger charge is 2.31. The van der Waals surface area contributed by atoms with E-state index in [-0.39, 0.29) is 18.9 Å². The number of amides is 4. The molecule has 0 aromatic heterocycles. The topological polar surface area (TPSA) is 152 Å². The first-order valence-electron chi connectivity index (χ1n) is 16.6. The van der Waals surface area contributed by atoms with Gasteiger partial charge in [-0.1, -0.05) is 78.9 Å². The minimum absolute atomic E-state index is 0.0950. The van der Waals surface area contributed by atoms with E-state index in [0.29, 0.717) is 12.2 Å². The van der Waals surface area contributed by atoms with Crippen LogP contribution >= 0.6 is 11.8 Å². The lowest BCUT2D eigenvalue weighted by Gasteiger charge is -2.25. The highest BCUT2D eigenvalue weighted by molar-refractivity contribution is 7.98. The second-order valence-electron chi connectivity index (χ2n) is 13.1. The molecule has 0 radical (unpaired) electrons. The lowest BCUT2D eigenvalue weighted by atomic mass is 9.98. The van der Waals surface area contributed by atoms with Crippen molar-refractivity contribution in [3.8, 4) is 11.1 Å². The van der Waals surface area contributed by atoms with E-state index in [1.165, 1.54) is 18.7 Å². The summed E-state index contributed by atoms with van der Waals surface area (Å²) in [5.41, 5.74) is 4.42.